The lowest BCUT2D eigenvalue weighted by atomic mass is 9.41. The van der Waals surface area contributed by atoms with Crippen molar-refractivity contribution in [3.63, 3.8) is 0 Å². The summed E-state index contributed by atoms with van der Waals surface area (Å²) in [7, 11) is 1.64. The monoisotopic (exact) mass is 652 g/mol. The zero-order valence-corrected chi connectivity index (χ0v) is 27.6. The zero-order chi connectivity index (χ0) is 32.8. The maximum Gasteiger partial charge on any atom is 0.331 e. The minimum absolute atomic E-state index is 0.0789. The molecule has 0 bridgehead atoms. The molecule has 10 nitrogen and oxygen atoms in total. The number of carbonyl (C=O) groups is 2. The highest BCUT2D eigenvalue weighted by molar-refractivity contribution is 5.85. The number of hydrogen-bond donors (Lipinski definition) is 2. The van der Waals surface area contributed by atoms with Crippen molar-refractivity contribution >= 4 is 12.3 Å². The Balaban J connectivity index is 0.948. The van der Waals surface area contributed by atoms with Gasteiger partial charge in [0.2, 0.25) is 0 Å². The molecule has 1 aromatic carbocycles. The van der Waals surface area contributed by atoms with Crippen molar-refractivity contribution in [3.05, 3.63) is 41.5 Å². The molecule has 8 rings (SSSR count). The van der Waals surface area contributed by atoms with E-state index in [2.05, 4.69) is 6.92 Å². The Hall–Kier alpha value is -2.34. The van der Waals surface area contributed by atoms with Crippen molar-refractivity contribution < 1.29 is 48.2 Å². The van der Waals surface area contributed by atoms with Crippen LogP contribution in [0.15, 0.2) is 35.9 Å². The number of fused-ring (bicyclic) bond motifs is 6. The van der Waals surface area contributed by atoms with E-state index >= 15 is 0 Å². The van der Waals surface area contributed by atoms with E-state index < -0.39 is 34.6 Å². The zero-order valence-electron chi connectivity index (χ0n) is 27.6. The van der Waals surface area contributed by atoms with Gasteiger partial charge in [-0.25, -0.2) is 4.79 Å². The third kappa shape index (κ3) is 4.72. The van der Waals surface area contributed by atoms with Gasteiger partial charge in [-0.3, -0.25) is 0 Å². The van der Waals surface area contributed by atoms with Gasteiger partial charge in [0.15, 0.2) is 12.6 Å². The normalized spacial score (nSPS) is 48.8. The molecule has 0 aromatic heterocycles. The Morgan fingerprint density at radius 3 is 2.47 bits per heavy atom. The number of ether oxygens (including phenoxy) is 6. The van der Waals surface area contributed by atoms with Crippen LogP contribution in [0.1, 0.15) is 89.9 Å². The summed E-state index contributed by atoms with van der Waals surface area (Å²) in [5, 5.41) is 24.9. The highest BCUT2D eigenvalue weighted by atomic mass is 16.8. The van der Waals surface area contributed by atoms with Gasteiger partial charge in [-0.1, -0.05) is 19.1 Å². The number of methoxy groups -OCH3 is 1. The minimum Gasteiger partial charge on any atom is -0.497 e. The quantitative estimate of drug-likeness (QED) is 0.257. The molecule has 256 valence electrons. The molecule has 4 aliphatic carbocycles. The molecule has 2 saturated heterocycles. The SMILES string of the molecule is COc1ccc(C2O[C@H]3C[C@H](O[C@H]4CC[C@]5(C=O)[C@H]6CC[C@]7(C)[C@@H](C8=CC(=O)OC8)CC[C@]7(O)[C@@H]6CC[C@]5(O)C4)OC(C)[C@H]3O2)cc1. The molecular formula is C37H48O10. The summed E-state index contributed by atoms with van der Waals surface area (Å²) in [6.45, 7) is 4.44. The van der Waals surface area contributed by atoms with Gasteiger partial charge < -0.3 is 43.4 Å². The van der Waals surface area contributed by atoms with E-state index in [1.165, 1.54) is 0 Å². The summed E-state index contributed by atoms with van der Waals surface area (Å²) in [5.74, 6) is 0.342. The topological polar surface area (TPSA) is 130 Å². The van der Waals surface area contributed by atoms with E-state index in [9.17, 15) is 19.8 Å². The van der Waals surface area contributed by atoms with Crippen molar-refractivity contribution in [3.8, 4) is 5.75 Å². The van der Waals surface area contributed by atoms with Crippen LogP contribution in [0, 0.1) is 28.6 Å². The second-order valence-electron chi connectivity index (χ2n) is 15.6. The lowest BCUT2D eigenvalue weighted by molar-refractivity contribution is -0.278. The second-order valence-corrected chi connectivity index (χ2v) is 15.6. The number of benzene rings is 1. The highest BCUT2D eigenvalue weighted by Crippen LogP contribution is 2.70. The molecule has 10 heteroatoms. The minimum atomic E-state index is -1.22. The fourth-order valence-corrected chi connectivity index (χ4v) is 11.3. The summed E-state index contributed by atoms with van der Waals surface area (Å²) in [6.07, 6.45) is 6.74. The predicted octanol–water partition coefficient (Wildman–Crippen LogP) is 4.55. The molecule has 7 aliphatic rings. The molecule has 6 fully saturated rings. The van der Waals surface area contributed by atoms with E-state index in [0.29, 0.717) is 51.6 Å². The molecule has 2 N–H and O–H groups in total. The molecular weight excluding hydrogens is 604 g/mol. The fraction of sp³-hybridized carbons (Fsp3) is 0.730. The average Bonchev–Trinajstić information content (AvgIpc) is 3.76. The van der Waals surface area contributed by atoms with Crippen LogP contribution in [0.4, 0.5) is 0 Å². The van der Waals surface area contributed by atoms with Crippen molar-refractivity contribution in [1.29, 1.82) is 0 Å². The predicted molar refractivity (Wildman–Crippen MR) is 167 cm³/mol. The molecule has 0 radical (unpaired) electrons. The molecule has 0 amide bonds. The van der Waals surface area contributed by atoms with Crippen LogP contribution in [0.3, 0.4) is 0 Å². The summed E-state index contributed by atoms with van der Waals surface area (Å²) in [4.78, 5) is 25.1. The van der Waals surface area contributed by atoms with Gasteiger partial charge in [-0.05, 0) is 93.7 Å². The largest absolute Gasteiger partial charge is 0.497 e. The average molecular weight is 653 g/mol. The molecule has 4 saturated carbocycles. The Morgan fingerprint density at radius 1 is 0.957 bits per heavy atom. The third-order valence-electron chi connectivity index (χ3n) is 13.8. The Kier molecular flexibility index (Phi) is 7.70. The Bertz CT molecular complexity index is 1430. The molecule has 2 unspecified atom stereocenters. The van der Waals surface area contributed by atoms with Crippen LogP contribution >= 0.6 is 0 Å². The number of esters is 1. The summed E-state index contributed by atoms with van der Waals surface area (Å²) in [5.41, 5.74) is -1.62. The van der Waals surface area contributed by atoms with Crippen LogP contribution in [0.2, 0.25) is 0 Å². The lowest BCUT2D eigenvalue weighted by Crippen LogP contribution is -2.69. The molecule has 0 spiro atoms. The van der Waals surface area contributed by atoms with E-state index in [1.807, 2.05) is 31.2 Å². The van der Waals surface area contributed by atoms with Gasteiger partial charge in [0, 0.05) is 29.9 Å². The number of aliphatic hydroxyl groups is 2. The Morgan fingerprint density at radius 2 is 1.74 bits per heavy atom. The van der Waals surface area contributed by atoms with Crippen LogP contribution in [-0.2, 0) is 33.3 Å². The number of carbonyl (C=O) groups excluding carboxylic acids is 2. The summed E-state index contributed by atoms with van der Waals surface area (Å²) >= 11 is 0. The lowest BCUT2D eigenvalue weighted by Gasteiger charge is -2.65. The highest BCUT2D eigenvalue weighted by Gasteiger charge is 2.71. The third-order valence-corrected chi connectivity index (χ3v) is 13.8. The maximum absolute atomic E-state index is 13.2. The van der Waals surface area contributed by atoms with Gasteiger partial charge >= 0.3 is 5.97 Å². The van der Waals surface area contributed by atoms with Crippen molar-refractivity contribution in [1.82, 2.24) is 0 Å². The van der Waals surface area contributed by atoms with Crippen molar-refractivity contribution in [2.75, 3.05) is 13.7 Å². The van der Waals surface area contributed by atoms with Gasteiger partial charge in [-0.2, -0.15) is 0 Å². The molecule has 47 heavy (non-hydrogen) atoms. The summed E-state index contributed by atoms with van der Waals surface area (Å²) in [6, 6.07) is 7.66. The number of hydrogen-bond acceptors (Lipinski definition) is 10. The molecule has 3 heterocycles. The molecule has 13 atom stereocenters. The van der Waals surface area contributed by atoms with Gasteiger partial charge in [0.1, 0.15) is 24.7 Å². The number of rotatable bonds is 6. The fourth-order valence-electron chi connectivity index (χ4n) is 11.3. The van der Waals surface area contributed by atoms with E-state index in [4.69, 9.17) is 28.4 Å². The second kappa shape index (κ2) is 11.4. The molecule has 3 aliphatic heterocycles. The smallest absolute Gasteiger partial charge is 0.331 e. The molecule has 1 aromatic rings. The Labute approximate surface area is 276 Å². The van der Waals surface area contributed by atoms with Crippen molar-refractivity contribution in [2.24, 2.45) is 28.6 Å². The van der Waals surface area contributed by atoms with Gasteiger partial charge in [0.25, 0.3) is 0 Å². The first-order chi connectivity index (χ1) is 22.5. The number of aldehydes is 1. The van der Waals surface area contributed by atoms with E-state index in [-0.39, 0.29) is 48.1 Å². The van der Waals surface area contributed by atoms with Crippen LogP contribution in [0.5, 0.6) is 5.75 Å². The first kappa shape index (κ1) is 31.9. The van der Waals surface area contributed by atoms with Crippen LogP contribution in [-0.4, -0.2) is 78.1 Å². The first-order valence-electron chi connectivity index (χ1n) is 17.6. The standard InChI is InChI=1S/C37H48O10/c1-21-32-29(46-33(47-32)22-4-6-24(42-3)7-5-22)17-31(44-21)45-25-8-13-35(20-38)27-9-12-34(2)26(23-16-30(39)43-19-23)11-15-37(34,41)28(27)10-14-36(35,40)18-25/h4-7,16,20-21,25-29,31-33,40-41H,8-15,17-19H2,1-3H3/t21?,25-,26+,27-,28+,29-,31-,32+,33?,34+,35-,36-,37-/m0/s1. The van der Waals surface area contributed by atoms with Gasteiger partial charge in [-0.15, -0.1) is 0 Å². The number of cyclic esters (lactones) is 1. The maximum atomic E-state index is 13.2. The van der Waals surface area contributed by atoms with E-state index in [1.54, 1.807) is 13.2 Å². The first-order valence-corrected chi connectivity index (χ1v) is 17.6. The van der Waals surface area contributed by atoms with E-state index in [0.717, 1.165) is 42.4 Å². The van der Waals surface area contributed by atoms with Gasteiger partial charge in [0.05, 0.1) is 42.0 Å². The summed E-state index contributed by atoms with van der Waals surface area (Å²) < 4.78 is 36.0. The van der Waals surface area contributed by atoms with Crippen molar-refractivity contribution in [2.45, 2.75) is 126 Å². The van der Waals surface area contributed by atoms with Crippen LogP contribution in [0.25, 0.3) is 0 Å². The van der Waals surface area contributed by atoms with Crippen LogP contribution < -0.4 is 4.74 Å².